The van der Waals surface area contributed by atoms with E-state index in [4.69, 9.17) is 4.98 Å². The topological polar surface area (TPSA) is 40.9 Å². The molecule has 0 saturated carbocycles. The lowest BCUT2D eigenvalue weighted by atomic mass is 9.99. The number of piperidine rings is 1. The van der Waals surface area contributed by atoms with Gasteiger partial charge in [0.1, 0.15) is 5.65 Å². The van der Waals surface area contributed by atoms with Crippen molar-refractivity contribution < 1.29 is 4.79 Å². The summed E-state index contributed by atoms with van der Waals surface area (Å²) in [6.45, 7) is 6.05. The summed E-state index contributed by atoms with van der Waals surface area (Å²) in [5, 5.41) is 0. The normalized spacial score (nSPS) is 22.2. The molecule has 4 rings (SSSR count). The van der Waals surface area contributed by atoms with Gasteiger partial charge in [0.05, 0.1) is 5.69 Å². The molecule has 2 fully saturated rings. The van der Waals surface area contributed by atoms with Gasteiger partial charge in [-0.3, -0.25) is 9.69 Å². The van der Waals surface area contributed by atoms with E-state index in [0.29, 0.717) is 11.9 Å². The first-order valence-electron chi connectivity index (χ1n) is 9.66. The van der Waals surface area contributed by atoms with Gasteiger partial charge in [0.2, 0.25) is 5.91 Å². The molecule has 5 nitrogen and oxygen atoms in total. The quantitative estimate of drug-likeness (QED) is 0.840. The van der Waals surface area contributed by atoms with Crippen LogP contribution in [0.3, 0.4) is 0 Å². The van der Waals surface area contributed by atoms with E-state index in [9.17, 15) is 4.79 Å². The molecule has 134 valence electrons. The molecule has 1 atom stereocenters. The van der Waals surface area contributed by atoms with Gasteiger partial charge < -0.3 is 9.30 Å². The van der Waals surface area contributed by atoms with Crippen LogP contribution in [0.25, 0.3) is 5.65 Å². The van der Waals surface area contributed by atoms with Gasteiger partial charge in [-0.1, -0.05) is 12.5 Å². The molecule has 0 N–H and O–H groups in total. The molecule has 2 aromatic rings. The molecule has 0 radical (unpaired) electrons. The molecule has 0 bridgehead atoms. The minimum Gasteiger partial charge on any atom is -0.343 e. The Hall–Kier alpha value is -1.88. The molecular weight excluding hydrogens is 312 g/mol. The molecule has 2 aliphatic heterocycles. The summed E-state index contributed by atoms with van der Waals surface area (Å²) in [7, 11) is 0. The number of hydrogen-bond donors (Lipinski definition) is 0. The van der Waals surface area contributed by atoms with Crippen LogP contribution in [0.15, 0.2) is 24.5 Å². The number of rotatable bonds is 5. The molecule has 2 aromatic heterocycles. The molecule has 4 heterocycles. The zero-order valence-corrected chi connectivity index (χ0v) is 15.2. The second kappa shape index (κ2) is 7.16. The molecular formula is C20H28N4O. The lowest BCUT2D eigenvalue weighted by molar-refractivity contribution is -0.127. The largest absolute Gasteiger partial charge is 0.343 e. The summed E-state index contributed by atoms with van der Waals surface area (Å²) < 4.78 is 2.13. The van der Waals surface area contributed by atoms with E-state index in [2.05, 4.69) is 45.7 Å². The summed E-state index contributed by atoms with van der Waals surface area (Å²) >= 11 is 0. The highest BCUT2D eigenvalue weighted by molar-refractivity contribution is 5.78. The van der Waals surface area contributed by atoms with Gasteiger partial charge in [0.15, 0.2) is 0 Å². The van der Waals surface area contributed by atoms with Crippen molar-refractivity contribution in [1.82, 2.24) is 19.2 Å². The van der Waals surface area contributed by atoms with Crippen molar-refractivity contribution in [1.29, 1.82) is 0 Å². The Morgan fingerprint density at radius 3 is 2.96 bits per heavy atom. The fourth-order valence-corrected chi connectivity index (χ4v) is 4.33. The fraction of sp³-hybridized carbons (Fsp3) is 0.600. The third kappa shape index (κ3) is 3.56. The minimum absolute atomic E-state index is 0.346. The van der Waals surface area contributed by atoms with E-state index in [1.54, 1.807) is 0 Å². The number of imidazole rings is 1. The highest BCUT2D eigenvalue weighted by Crippen LogP contribution is 2.23. The van der Waals surface area contributed by atoms with E-state index in [1.165, 1.54) is 24.8 Å². The van der Waals surface area contributed by atoms with Crippen LogP contribution in [0.4, 0.5) is 0 Å². The third-order valence-electron chi connectivity index (χ3n) is 5.75. The zero-order chi connectivity index (χ0) is 17.2. The van der Waals surface area contributed by atoms with Gasteiger partial charge in [-0.2, -0.15) is 0 Å². The highest BCUT2D eigenvalue weighted by Gasteiger charge is 2.26. The van der Waals surface area contributed by atoms with Crippen molar-refractivity contribution in [2.45, 2.75) is 58.0 Å². The van der Waals surface area contributed by atoms with Gasteiger partial charge in [0, 0.05) is 44.5 Å². The number of aryl methyl sites for hydroxylation is 1. The fourth-order valence-electron chi connectivity index (χ4n) is 4.33. The molecule has 2 aliphatic rings. The van der Waals surface area contributed by atoms with E-state index < -0.39 is 0 Å². The Labute approximate surface area is 149 Å². The van der Waals surface area contributed by atoms with E-state index >= 15 is 0 Å². The van der Waals surface area contributed by atoms with Gasteiger partial charge in [-0.05, 0) is 50.8 Å². The van der Waals surface area contributed by atoms with Crippen LogP contribution in [0.5, 0.6) is 0 Å². The van der Waals surface area contributed by atoms with Crippen molar-refractivity contribution >= 4 is 11.6 Å². The maximum Gasteiger partial charge on any atom is 0.222 e. The first kappa shape index (κ1) is 16.6. The van der Waals surface area contributed by atoms with E-state index in [0.717, 1.165) is 56.8 Å². The average Bonchev–Trinajstić information content (AvgIpc) is 3.21. The van der Waals surface area contributed by atoms with E-state index in [-0.39, 0.29) is 0 Å². The van der Waals surface area contributed by atoms with Gasteiger partial charge in [-0.15, -0.1) is 0 Å². The Morgan fingerprint density at radius 2 is 2.16 bits per heavy atom. The number of aromatic nitrogens is 2. The van der Waals surface area contributed by atoms with Gasteiger partial charge in [0.25, 0.3) is 0 Å². The van der Waals surface area contributed by atoms with Gasteiger partial charge >= 0.3 is 0 Å². The summed E-state index contributed by atoms with van der Waals surface area (Å²) in [4.78, 5) is 21.3. The lowest BCUT2D eigenvalue weighted by Gasteiger charge is -2.36. The average molecular weight is 340 g/mol. The highest BCUT2D eigenvalue weighted by atomic mass is 16.2. The number of amides is 1. The van der Waals surface area contributed by atoms with Crippen LogP contribution in [-0.2, 0) is 11.3 Å². The molecule has 5 heteroatoms. The second-order valence-electron chi connectivity index (χ2n) is 7.55. The van der Waals surface area contributed by atoms with Crippen LogP contribution in [0.2, 0.25) is 0 Å². The van der Waals surface area contributed by atoms with Crippen LogP contribution < -0.4 is 0 Å². The molecule has 1 amide bonds. The predicted octanol–water partition coefficient (Wildman–Crippen LogP) is 3.01. The Bertz CT molecular complexity index is 753. The zero-order valence-electron chi connectivity index (χ0n) is 15.2. The first-order chi connectivity index (χ1) is 12.2. The smallest absolute Gasteiger partial charge is 0.222 e. The Kier molecular flexibility index (Phi) is 4.75. The summed E-state index contributed by atoms with van der Waals surface area (Å²) in [6.07, 6.45) is 10.9. The monoisotopic (exact) mass is 340 g/mol. The standard InChI is InChI=1S/C20H28N4O/c1-16-6-4-12-24-15-17(21-20(16)24)14-23-10-3-2-7-18(23)9-13-22-11-5-8-19(22)25/h4,6,12,15,18H,2-3,5,7-11,13-14H2,1H3. The van der Waals surface area contributed by atoms with Crippen molar-refractivity contribution in [3.05, 3.63) is 35.8 Å². The van der Waals surface area contributed by atoms with E-state index in [1.807, 2.05) is 0 Å². The van der Waals surface area contributed by atoms with Crippen molar-refractivity contribution in [2.75, 3.05) is 19.6 Å². The Morgan fingerprint density at radius 1 is 1.24 bits per heavy atom. The van der Waals surface area contributed by atoms with Gasteiger partial charge in [-0.25, -0.2) is 4.98 Å². The summed E-state index contributed by atoms with van der Waals surface area (Å²) in [5.41, 5.74) is 3.43. The molecule has 0 aliphatic carbocycles. The molecule has 1 unspecified atom stereocenters. The molecule has 0 aromatic carbocycles. The maximum atomic E-state index is 11.9. The number of carbonyl (C=O) groups is 1. The van der Waals surface area contributed by atoms with Crippen LogP contribution in [0.1, 0.15) is 49.8 Å². The molecule has 0 spiro atoms. The first-order valence-corrected chi connectivity index (χ1v) is 9.66. The number of fused-ring (bicyclic) bond motifs is 1. The summed E-state index contributed by atoms with van der Waals surface area (Å²) in [5.74, 6) is 0.346. The Balaban J connectivity index is 1.43. The van der Waals surface area contributed by atoms with Crippen LogP contribution in [0, 0.1) is 6.92 Å². The van der Waals surface area contributed by atoms with Crippen LogP contribution in [-0.4, -0.2) is 50.8 Å². The summed E-state index contributed by atoms with van der Waals surface area (Å²) in [6, 6.07) is 4.76. The van der Waals surface area contributed by atoms with Crippen LogP contribution >= 0.6 is 0 Å². The number of pyridine rings is 1. The second-order valence-corrected chi connectivity index (χ2v) is 7.55. The van der Waals surface area contributed by atoms with Crippen molar-refractivity contribution in [3.63, 3.8) is 0 Å². The minimum atomic E-state index is 0.346. The SMILES string of the molecule is Cc1cccn2cc(CN3CCCCC3CCN3CCCC3=O)nc12. The lowest BCUT2D eigenvalue weighted by Crippen LogP contribution is -2.41. The number of nitrogens with zero attached hydrogens (tertiary/aromatic N) is 4. The maximum absolute atomic E-state index is 11.9. The number of hydrogen-bond acceptors (Lipinski definition) is 3. The van der Waals surface area contributed by atoms with Crippen molar-refractivity contribution in [3.8, 4) is 0 Å². The third-order valence-corrected chi connectivity index (χ3v) is 5.75. The number of likely N-dealkylation sites (tertiary alicyclic amines) is 2. The predicted molar refractivity (Wildman–Crippen MR) is 98.4 cm³/mol. The van der Waals surface area contributed by atoms with Crippen molar-refractivity contribution in [2.24, 2.45) is 0 Å². The number of carbonyl (C=O) groups excluding carboxylic acids is 1. The molecule has 25 heavy (non-hydrogen) atoms. The molecule has 2 saturated heterocycles.